The third kappa shape index (κ3) is 2.58. The maximum atomic E-state index is 12.5. The van der Waals surface area contributed by atoms with Crippen molar-refractivity contribution in [3.05, 3.63) is 60.0 Å². The summed E-state index contributed by atoms with van der Waals surface area (Å²) in [6, 6.07) is 14.7. The number of oxazole rings is 1. The van der Waals surface area contributed by atoms with Gasteiger partial charge >= 0.3 is 0 Å². The minimum atomic E-state index is -0.336. The Morgan fingerprint density at radius 2 is 1.88 bits per heavy atom. The van der Waals surface area contributed by atoms with Gasteiger partial charge in [0.1, 0.15) is 5.76 Å². The van der Waals surface area contributed by atoms with E-state index in [4.69, 9.17) is 13.9 Å². The summed E-state index contributed by atoms with van der Waals surface area (Å²) in [7, 11) is 0. The van der Waals surface area contributed by atoms with E-state index >= 15 is 0 Å². The zero-order valence-corrected chi connectivity index (χ0v) is 12.9. The highest BCUT2D eigenvalue weighted by Gasteiger charge is 2.19. The van der Waals surface area contributed by atoms with Crippen molar-refractivity contribution in [3.8, 4) is 23.0 Å². The molecule has 4 rings (SSSR count). The summed E-state index contributed by atoms with van der Waals surface area (Å²) in [5.74, 6) is 1.82. The molecule has 0 unspecified atom stereocenters. The molecule has 0 spiro atoms. The van der Waals surface area contributed by atoms with Gasteiger partial charge in [-0.15, -0.1) is 0 Å². The second-order valence-electron chi connectivity index (χ2n) is 5.31. The highest BCUT2D eigenvalue weighted by Crippen LogP contribution is 2.34. The lowest BCUT2D eigenvalue weighted by Gasteiger charge is -2.04. The van der Waals surface area contributed by atoms with Crippen molar-refractivity contribution in [3.63, 3.8) is 0 Å². The van der Waals surface area contributed by atoms with Gasteiger partial charge in [-0.2, -0.15) is 0 Å². The minimum Gasteiger partial charge on any atom is -0.454 e. The molecule has 24 heavy (non-hydrogen) atoms. The highest BCUT2D eigenvalue weighted by atomic mass is 16.7. The number of carbonyl (C=O) groups is 1. The first-order valence-corrected chi connectivity index (χ1v) is 7.44. The first kappa shape index (κ1) is 14.3. The average Bonchev–Trinajstić information content (AvgIpc) is 3.21. The van der Waals surface area contributed by atoms with Crippen molar-refractivity contribution in [2.45, 2.75) is 6.92 Å². The molecule has 120 valence electrons. The Morgan fingerprint density at radius 3 is 2.71 bits per heavy atom. The fourth-order valence-electron chi connectivity index (χ4n) is 2.48. The van der Waals surface area contributed by atoms with Crippen molar-refractivity contribution >= 4 is 11.6 Å². The van der Waals surface area contributed by atoms with Crippen molar-refractivity contribution in [1.29, 1.82) is 0 Å². The molecule has 0 saturated carbocycles. The molecule has 0 radical (unpaired) electrons. The van der Waals surface area contributed by atoms with E-state index in [2.05, 4.69) is 10.3 Å². The van der Waals surface area contributed by atoms with Crippen LogP contribution in [-0.2, 0) is 0 Å². The maximum Gasteiger partial charge on any atom is 0.277 e. The summed E-state index contributed by atoms with van der Waals surface area (Å²) in [6.45, 7) is 1.91. The molecule has 0 aliphatic carbocycles. The number of rotatable bonds is 3. The van der Waals surface area contributed by atoms with Gasteiger partial charge in [0.15, 0.2) is 17.2 Å². The Labute approximate surface area is 138 Å². The van der Waals surface area contributed by atoms with E-state index in [1.807, 2.05) is 30.3 Å². The molecule has 3 aromatic rings. The van der Waals surface area contributed by atoms with Gasteiger partial charge in [-0.3, -0.25) is 4.79 Å². The molecule has 0 atom stereocenters. The number of hydrogen-bond donors (Lipinski definition) is 1. The highest BCUT2D eigenvalue weighted by molar-refractivity contribution is 6.04. The second-order valence-corrected chi connectivity index (χ2v) is 5.31. The van der Waals surface area contributed by atoms with Crippen molar-refractivity contribution in [2.75, 3.05) is 12.1 Å². The molecular weight excluding hydrogens is 308 g/mol. The Balaban J connectivity index is 1.58. The molecule has 1 aliphatic rings. The van der Waals surface area contributed by atoms with E-state index < -0.39 is 0 Å². The first-order chi connectivity index (χ1) is 11.7. The number of nitrogens with one attached hydrogen (secondary N) is 1. The standard InChI is InChI=1S/C18H14N2O4/c1-11-16(20-18(24-11)12-5-3-2-4-6-12)17(21)19-13-7-8-14-15(9-13)23-10-22-14/h2-9H,10H2,1H3,(H,19,21). The number of nitrogens with zero attached hydrogens (tertiary/aromatic N) is 1. The van der Waals surface area contributed by atoms with Gasteiger partial charge in [-0.05, 0) is 31.2 Å². The van der Waals surface area contributed by atoms with E-state index in [-0.39, 0.29) is 18.4 Å². The van der Waals surface area contributed by atoms with Crippen LogP contribution in [0.2, 0.25) is 0 Å². The van der Waals surface area contributed by atoms with Gasteiger partial charge in [-0.25, -0.2) is 4.98 Å². The molecule has 1 aromatic heterocycles. The average molecular weight is 322 g/mol. The molecule has 2 aromatic carbocycles. The molecule has 6 heteroatoms. The van der Waals surface area contributed by atoms with E-state index in [1.54, 1.807) is 25.1 Å². The fraction of sp³-hybridized carbons (Fsp3) is 0.111. The lowest BCUT2D eigenvalue weighted by atomic mass is 10.2. The van der Waals surface area contributed by atoms with Gasteiger partial charge in [-0.1, -0.05) is 18.2 Å². The predicted molar refractivity (Wildman–Crippen MR) is 87.2 cm³/mol. The number of carbonyl (C=O) groups excluding carboxylic acids is 1. The zero-order valence-electron chi connectivity index (χ0n) is 12.9. The molecule has 0 saturated heterocycles. The predicted octanol–water partition coefficient (Wildman–Crippen LogP) is 3.63. The summed E-state index contributed by atoms with van der Waals surface area (Å²) < 4.78 is 16.2. The lowest BCUT2D eigenvalue weighted by molar-refractivity contribution is 0.102. The van der Waals surface area contributed by atoms with Crippen LogP contribution in [-0.4, -0.2) is 17.7 Å². The number of anilines is 1. The van der Waals surface area contributed by atoms with Gasteiger partial charge in [0, 0.05) is 17.3 Å². The van der Waals surface area contributed by atoms with E-state index in [0.717, 1.165) is 5.56 Å². The van der Waals surface area contributed by atoms with Crippen LogP contribution in [0.1, 0.15) is 16.2 Å². The van der Waals surface area contributed by atoms with Crippen LogP contribution >= 0.6 is 0 Å². The summed E-state index contributed by atoms with van der Waals surface area (Å²) in [4.78, 5) is 16.8. The van der Waals surface area contributed by atoms with E-state index in [0.29, 0.717) is 28.8 Å². The zero-order chi connectivity index (χ0) is 16.5. The molecular formula is C18H14N2O4. The van der Waals surface area contributed by atoms with Crippen LogP contribution in [0.15, 0.2) is 52.9 Å². The Bertz CT molecular complexity index is 903. The summed E-state index contributed by atoms with van der Waals surface area (Å²) >= 11 is 0. The molecule has 1 aliphatic heterocycles. The van der Waals surface area contributed by atoms with Crippen molar-refractivity contribution < 1.29 is 18.7 Å². The number of fused-ring (bicyclic) bond motifs is 1. The third-order valence-electron chi connectivity index (χ3n) is 3.66. The molecule has 6 nitrogen and oxygen atoms in total. The van der Waals surface area contributed by atoms with Crippen molar-refractivity contribution in [2.24, 2.45) is 0 Å². The maximum absolute atomic E-state index is 12.5. The van der Waals surface area contributed by atoms with Gasteiger partial charge in [0.25, 0.3) is 5.91 Å². The molecule has 0 fully saturated rings. The SMILES string of the molecule is Cc1oc(-c2ccccc2)nc1C(=O)Nc1ccc2c(c1)OCO2. The van der Waals surface area contributed by atoms with Crippen molar-refractivity contribution in [1.82, 2.24) is 4.98 Å². The van der Waals surface area contributed by atoms with Gasteiger partial charge < -0.3 is 19.2 Å². The number of ether oxygens (including phenoxy) is 2. The quantitative estimate of drug-likeness (QED) is 0.797. The van der Waals surface area contributed by atoms with Crippen LogP contribution in [0.4, 0.5) is 5.69 Å². The van der Waals surface area contributed by atoms with Crippen LogP contribution in [0, 0.1) is 6.92 Å². The number of hydrogen-bond acceptors (Lipinski definition) is 5. The monoisotopic (exact) mass is 322 g/mol. The molecule has 2 heterocycles. The number of benzene rings is 2. The second kappa shape index (κ2) is 5.73. The fourth-order valence-corrected chi connectivity index (χ4v) is 2.48. The number of amides is 1. The van der Waals surface area contributed by atoms with Gasteiger partial charge in [0.05, 0.1) is 0 Å². The summed E-state index contributed by atoms with van der Waals surface area (Å²) in [5.41, 5.74) is 1.68. The smallest absolute Gasteiger partial charge is 0.277 e. The normalized spacial score (nSPS) is 12.2. The first-order valence-electron chi connectivity index (χ1n) is 7.44. The summed E-state index contributed by atoms with van der Waals surface area (Å²) in [6.07, 6.45) is 0. The summed E-state index contributed by atoms with van der Waals surface area (Å²) in [5, 5.41) is 2.80. The Kier molecular flexibility index (Phi) is 3.42. The van der Waals surface area contributed by atoms with Crippen LogP contribution < -0.4 is 14.8 Å². The minimum absolute atomic E-state index is 0.190. The van der Waals surface area contributed by atoms with Crippen LogP contribution in [0.25, 0.3) is 11.5 Å². The Hall–Kier alpha value is -3.28. The van der Waals surface area contributed by atoms with E-state index in [9.17, 15) is 4.79 Å². The number of aromatic nitrogens is 1. The Morgan fingerprint density at radius 1 is 1.08 bits per heavy atom. The molecule has 0 bridgehead atoms. The topological polar surface area (TPSA) is 73.6 Å². The largest absolute Gasteiger partial charge is 0.454 e. The van der Waals surface area contributed by atoms with Gasteiger partial charge in [0.2, 0.25) is 12.7 Å². The lowest BCUT2D eigenvalue weighted by Crippen LogP contribution is -2.13. The van der Waals surface area contributed by atoms with Crippen LogP contribution in [0.3, 0.4) is 0 Å². The third-order valence-corrected chi connectivity index (χ3v) is 3.66. The van der Waals surface area contributed by atoms with E-state index in [1.165, 1.54) is 0 Å². The molecule has 1 amide bonds. The van der Waals surface area contributed by atoms with Crippen LogP contribution in [0.5, 0.6) is 11.5 Å². The number of aryl methyl sites for hydroxylation is 1. The molecule has 1 N–H and O–H groups in total.